The van der Waals surface area contributed by atoms with E-state index in [0.717, 1.165) is 0 Å². The molecule has 0 spiro atoms. The third kappa shape index (κ3) is 3.95. The second-order valence-corrected chi connectivity index (χ2v) is 8.37. The zero-order valence-corrected chi connectivity index (χ0v) is 13.2. The zero-order valence-electron chi connectivity index (χ0n) is 12.3. The van der Waals surface area contributed by atoms with E-state index in [1.165, 1.54) is 4.90 Å². The van der Waals surface area contributed by atoms with E-state index in [9.17, 15) is 14.8 Å². The van der Waals surface area contributed by atoms with Crippen LogP contribution in [0.15, 0.2) is 42.5 Å². The number of rotatable bonds is 6. The quantitative estimate of drug-likeness (QED) is 0.479. The van der Waals surface area contributed by atoms with E-state index >= 15 is 0 Å². The summed E-state index contributed by atoms with van der Waals surface area (Å²) in [5.74, 6) is 0.148. The fraction of sp³-hybridized carbons (Fsp3) is 0.467. The summed E-state index contributed by atoms with van der Waals surface area (Å²) in [6.07, 6.45) is 2.45. The summed E-state index contributed by atoms with van der Waals surface area (Å²) >= 11 is 0. The third-order valence-corrected chi connectivity index (χ3v) is 6.38. The maximum Gasteiger partial charge on any atom is 0.170 e. The van der Waals surface area contributed by atoms with E-state index in [1.807, 2.05) is 36.4 Å². The van der Waals surface area contributed by atoms with Gasteiger partial charge in [0.25, 0.3) is 0 Å². The highest BCUT2D eigenvalue weighted by molar-refractivity contribution is 7.65. The second kappa shape index (κ2) is 6.75. The Balaban J connectivity index is 2.12. The molecule has 5 nitrogen and oxygen atoms in total. The molecule has 21 heavy (non-hydrogen) atoms. The van der Waals surface area contributed by atoms with Crippen molar-refractivity contribution < 1.29 is 19.5 Å². The predicted molar refractivity (Wildman–Crippen MR) is 82.5 cm³/mol. The summed E-state index contributed by atoms with van der Waals surface area (Å²) in [4.78, 5) is 1.41. The third-order valence-electron chi connectivity index (χ3n) is 3.54. The van der Waals surface area contributed by atoms with Crippen LogP contribution in [0.25, 0.3) is 0 Å². The van der Waals surface area contributed by atoms with Crippen molar-refractivity contribution in [2.45, 2.75) is 32.1 Å². The highest BCUT2D eigenvalue weighted by Crippen LogP contribution is 2.55. The van der Waals surface area contributed by atoms with Gasteiger partial charge in [-0.15, -0.1) is 0 Å². The van der Waals surface area contributed by atoms with Crippen LogP contribution in [0.5, 0.6) is 5.75 Å². The molecule has 0 aromatic heterocycles. The molecule has 0 saturated heterocycles. The van der Waals surface area contributed by atoms with Crippen molar-refractivity contribution in [1.82, 2.24) is 4.90 Å². The molecule has 0 saturated carbocycles. The molecule has 4 unspecified atom stereocenters. The Morgan fingerprint density at radius 1 is 1.29 bits per heavy atom. The van der Waals surface area contributed by atoms with Crippen molar-refractivity contribution >= 4 is 7.14 Å². The first-order valence-corrected chi connectivity index (χ1v) is 9.15. The Morgan fingerprint density at radius 2 is 1.90 bits per heavy atom. The van der Waals surface area contributed by atoms with Crippen molar-refractivity contribution in [3.05, 3.63) is 42.5 Å². The van der Waals surface area contributed by atoms with Crippen molar-refractivity contribution in [3.8, 4) is 5.75 Å². The molecular formula is C15H22NO4P. The Hall–Kier alpha value is -1.13. The number of hydrogen-bond donors (Lipinski definition) is 2. The van der Waals surface area contributed by atoms with Crippen LogP contribution < -0.4 is 4.74 Å². The molecule has 1 aromatic carbocycles. The van der Waals surface area contributed by atoms with E-state index in [0.29, 0.717) is 11.9 Å². The SMILES string of the molecule is CC(O)N(CP1(=O)CC=CC1Oc1ccccc1)C(C)O. The molecule has 0 amide bonds. The van der Waals surface area contributed by atoms with Gasteiger partial charge in [-0.1, -0.05) is 24.3 Å². The van der Waals surface area contributed by atoms with Gasteiger partial charge in [0.2, 0.25) is 0 Å². The van der Waals surface area contributed by atoms with Gasteiger partial charge in [0, 0.05) is 6.16 Å². The van der Waals surface area contributed by atoms with Gasteiger partial charge in [-0.25, -0.2) is 4.90 Å². The largest absolute Gasteiger partial charge is 0.479 e. The number of ether oxygens (including phenoxy) is 1. The minimum atomic E-state index is -2.74. The number of benzene rings is 1. The minimum Gasteiger partial charge on any atom is -0.479 e. The van der Waals surface area contributed by atoms with Gasteiger partial charge >= 0.3 is 0 Å². The van der Waals surface area contributed by atoms with Gasteiger partial charge in [-0.3, -0.25) is 0 Å². The van der Waals surface area contributed by atoms with Gasteiger partial charge in [0.15, 0.2) is 5.85 Å². The minimum absolute atomic E-state index is 0.118. The maximum atomic E-state index is 13.1. The van der Waals surface area contributed by atoms with Crippen LogP contribution in [0, 0.1) is 0 Å². The topological polar surface area (TPSA) is 70.0 Å². The lowest BCUT2D eigenvalue weighted by Crippen LogP contribution is -2.41. The molecule has 0 radical (unpaired) electrons. The number of aliphatic hydroxyl groups excluding tert-OH is 2. The molecule has 1 heterocycles. The summed E-state index contributed by atoms with van der Waals surface area (Å²) in [6.45, 7) is 3.10. The molecular weight excluding hydrogens is 289 g/mol. The zero-order chi connectivity index (χ0) is 15.5. The molecule has 2 rings (SSSR count). The van der Waals surface area contributed by atoms with E-state index in [2.05, 4.69) is 0 Å². The molecule has 0 bridgehead atoms. The molecule has 1 aliphatic heterocycles. The molecule has 1 aliphatic rings. The normalized spacial score (nSPS) is 27.8. The number of aliphatic hydroxyl groups is 2. The van der Waals surface area contributed by atoms with Gasteiger partial charge < -0.3 is 19.5 Å². The van der Waals surface area contributed by atoms with Crippen LogP contribution in [-0.4, -0.2) is 45.9 Å². The number of nitrogens with zero attached hydrogens (tertiary/aromatic N) is 1. The fourth-order valence-electron chi connectivity index (χ4n) is 2.35. The van der Waals surface area contributed by atoms with E-state index < -0.39 is 25.4 Å². The van der Waals surface area contributed by atoms with Crippen LogP contribution in [0.4, 0.5) is 0 Å². The van der Waals surface area contributed by atoms with Crippen molar-refractivity contribution in [2.24, 2.45) is 0 Å². The van der Waals surface area contributed by atoms with E-state index in [-0.39, 0.29) is 6.29 Å². The van der Waals surface area contributed by atoms with Gasteiger partial charge in [-0.05, 0) is 32.1 Å². The maximum absolute atomic E-state index is 13.1. The first-order chi connectivity index (χ1) is 9.92. The van der Waals surface area contributed by atoms with Crippen molar-refractivity contribution in [1.29, 1.82) is 0 Å². The fourth-order valence-corrected chi connectivity index (χ4v) is 5.09. The van der Waals surface area contributed by atoms with Gasteiger partial charge in [0.1, 0.15) is 25.3 Å². The second-order valence-electron chi connectivity index (χ2n) is 5.30. The molecule has 1 aromatic rings. The van der Waals surface area contributed by atoms with E-state index in [1.54, 1.807) is 19.9 Å². The van der Waals surface area contributed by atoms with Crippen LogP contribution in [0.1, 0.15) is 13.8 Å². The first kappa shape index (κ1) is 16.2. The Kier molecular flexibility index (Phi) is 5.22. The first-order valence-electron chi connectivity index (χ1n) is 7.00. The molecule has 0 fully saturated rings. The van der Waals surface area contributed by atoms with Crippen LogP contribution in [0.3, 0.4) is 0 Å². The summed E-state index contributed by atoms with van der Waals surface area (Å²) < 4.78 is 18.9. The lowest BCUT2D eigenvalue weighted by Gasteiger charge is -2.32. The standard InChI is InChI=1S/C15H22NO4P/c1-12(17)16(13(2)18)11-21(19)10-6-9-15(21)20-14-7-4-3-5-8-14/h3-9,12-13,15,17-18H,10-11H2,1-2H3. The van der Waals surface area contributed by atoms with Gasteiger partial charge in [0.05, 0.1) is 6.29 Å². The molecule has 116 valence electrons. The highest BCUT2D eigenvalue weighted by atomic mass is 31.2. The van der Waals surface area contributed by atoms with Gasteiger partial charge in [-0.2, -0.15) is 0 Å². The molecule has 4 atom stereocenters. The Morgan fingerprint density at radius 3 is 2.48 bits per heavy atom. The summed E-state index contributed by atoms with van der Waals surface area (Å²) in [7, 11) is -2.74. The number of para-hydroxylation sites is 1. The number of allylic oxidation sites excluding steroid dienone is 1. The highest BCUT2D eigenvalue weighted by Gasteiger charge is 2.39. The Labute approximate surface area is 125 Å². The average Bonchev–Trinajstić information content (AvgIpc) is 2.78. The number of hydrogen-bond acceptors (Lipinski definition) is 5. The van der Waals surface area contributed by atoms with Crippen LogP contribution in [0.2, 0.25) is 0 Å². The van der Waals surface area contributed by atoms with Crippen LogP contribution in [-0.2, 0) is 4.57 Å². The molecule has 6 heteroatoms. The summed E-state index contributed by atoms with van der Waals surface area (Å²) in [5.41, 5.74) is 0. The summed E-state index contributed by atoms with van der Waals surface area (Å²) in [5, 5.41) is 19.4. The predicted octanol–water partition coefficient (Wildman–Crippen LogP) is 2.26. The Bertz CT molecular complexity index is 522. The van der Waals surface area contributed by atoms with Crippen LogP contribution >= 0.6 is 7.14 Å². The van der Waals surface area contributed by atoms with Crippen molar-refractivity contribution in [2.75, 3.05) is 12.4 Å². The lowest BCUT2D eigenvalue weighted by atomic mass is 10.3. The molecule has 2 N–H and O–H groups in total. The average molecular weight is 311 g/mol. The summed E-state index contributed by atoms with van der Waals surface area (Å²) in [6, 6.07) is 9.24. The molecule has 0 aliphatic carbocycles. The smallest absolute Gasteiger partial charge is 0.170 e. The van der Waals surface area contributed by atoms with Crippen molar-refractivity contribution in [3.63, 3.8) is 0 Å². The monoisotopic (exact) mass is 311 g/mol. The lowest BCUT2D eigenvalue weighted by molar-refractivity contribution is -0.0729. The van der Waals surface area contributed by atoms with E-state index in [4.69, 9.17) is 4.74 Å².